The third kappa shape index (κ3) is 9.50. The summed E-state index contributed by atoms with van der Waals surface area (Å²) in [4.78, 5) is 39.7. The normalized spacial score (nSPS) is 19.2. The highest BCUT2D eigenvalue weighted by Crippen LogP contribution is 2.40. The van der Waals surface area contributed by atoms with E-state index in [0.717, 1.165) is 38.9 Å². The predicted octanol–water partition coefficient (Wildman–Crippen LogP) is 6.42. The van der Waals surface area contributed by atoms with E-state index in [4.69, 9.17) is 14.2 Å². The van der Waals surface area contributed by atoms with E-state index >= 15 is 0 Å². The Kier molecular flexibility index (Phi) is 12.1. The van der Waals surface area contributed by atoms with Crippen LogP contribution in [0, 0.1) is 0 Å². The van der Waals surface area contributed by atoms with E-state index < -0.39 is 24.3 Å². The number of hydrogen-bond donors (Lipinski definition) is 3. The summed E-state index contributed by atoms with van der Waals surface area (Å²) in [5.74, 6) is -0.175. The lowest BCUT2D eigenvalue weighted by Crippen LogP contribution is -2.41. The number of thioether (sulfide) groups is 1. The third-order valence-corrected chi connectivity index (χ3v) is 11.1. The zero-order valence-corrected chi connectivity index (χ0v) is 32.5. The molecule has 8 rings (SSSR count). The summed E-state index contributed by atoms with van der Waals surface area (Å²) in [5, 5.41) is 34.7. The van der Waals surface area contributed by atoms with E-state index in [2.05, 4.69) is 20.8 Å². The summed E-state index contributed by atoms with van der Waals surface area (Å²) in [6, 6.07) is 38.0. The van der Waals surface area contributed by atoms with Gasteiger partial charge >= 0.3 is 6.09 Å². The second-order valence-electron chi connectivity index (χ2n) is 14.2. The lowest BCUT2D eigenvalue weighted by atomic mass is 9.99. The predicted molar refractivity (Wildman–Crippen MR) is 216 cm³/mol. The number of carbonyl (C=O) groups excluding carboxylic acids is 3. The number of rotatable bonds is 13. The van der Waals surface area contributed by atoms with E-state index in [1.54, 1.807) is 28.9 Å². The number of imide groups is 1. The van der Waals surface area contributed by atoms with Crippen molar-refractivity contribution in [2.75, 3.05) is 5.75 Å². The Hall–Kier alpha value is -6.39. The quantitative estimate of drug-likeness (QED) is 0.0863. The van der Waals surface area contributed by atoms with Crippen LogP contribution in [0.2, 0.25) is 0 Å². The minimum absolute atomic E-state index is 0.0496. The van der Waals surface area contributed by atoms with Gasteiger partial charge in [-0.05, 0) is 74.1 Å². The molecule has 3 heterocycles. The molecule has 0 spiro atoms. The Morgan fingerprint density at radius 2 is 1.58 bits per heavy atom. The smallest absolute Gasteiger partial charge is 0.408 e. The van der Waals surface area contributed by atoms with Crippen LogP contribution in [0.5, 0.6) is 5.75 Å². The van der Waals surface area contributed by atoms with Crippen molar-refractivity contribution >= 4 is 29.7 Å². The molecule has 14 nitrogen and oxygen atoms in total. The molecule has 4 atom stereocenters. The molecule has 300 valence electrons. The Labute approximate surface area is 343 Å². The summed E-state index contributed by atoms with van der Waals surface area (Å²) in [6.07, 6.45) is -1.54. The van der Waals surface area contributed by atoms with Crippen LogP contribution in [0.15, 0.2) is 133 Å². The lowest BCUT2D eigenvalue weighted by molar-refractivity contribution is -0.245. The number of benzene rings is 5. The van der Waals surface area contributed by atoms with Gasteiger partial charge in [-0.25, -0.2) is 4.79 Å². The van der Waals surface area contributed by atoms with Gasteiger partial charge in [-0.3, -0.25) is 14.5 Å². The van der Waals surface area contributed by atoms with E-state index in [1.165, 1.54) is 16.7 Å². The van der Waals surface area contributed by atoms with E-state index in [9.17, 15) is 24.6 Å². The molecule has 1 aromatic heterocycles. The van der Waals surface area contributed by atoms with Gasteiger partial charge in [0.25, 0.3) is 5.91 Å². The fourth-order valence-corrected chi connectivity index (χ4v) is 7.86. The Bertz CT molecular complexity index is 2400. The molecule has 2 saturated heterocycles. The molecule has 2 fully saturated rings. The van der Waals surface area contributed by atoms with Gasteiger partial charge in [-0.15, -0.1) is 5.10 Å². The zero-order valence-electron chi connectivity index (χ0n) is 31.7. The Balaban J connectivity index is 0.929. The number of nitrogens with one attached hydrogen (secondary N) is 1. The number of hydrogen-bond acceptors (Lipinski definition) is 12. The highest BCUT2D eigenvalue weighted by Gasteiger charge is 2.40. The first kappa shape index (κ1) is 39.4. The molecule has 2 aliphatic heterocycles. The molecular formula is C44H40N6O8S. The second kappa shape index (κ2) is 18.0. The second-order valence-corrected chi connectivity index (χ2v) is 15.1. The van der Waals surface area contributed by atoms with Gasteiger partial charge in [-0.2, -0.15) is 4.68 Å². The number of aromatic hydroxyl groups is 1. The number of alkyl carbamates (subject to hydrolysis) is 1. The van der Waals surface area contributed by atoms with Gasteiger partial charge in [0.05, 0.1) is 37.5 Å². The molecular weight excluding hydrogens is 773 g/mol. The number of aromatic nitrogens is 4. The molecule has 0 radical (unpaired) electrons. The number of phenols is 1. The third-order valence-electron chi connectivity index (χ3n) is 10.1. The SMILES string of the molecule is O=C(NC1CC(=O)N(Cc2cccc(-c3ccc([C@H]4O[C@@H](CSc5nnnn5-c5ccc(O)cc5)C[C@@H](c5ccc(CO)cc5)O4)cc3)c2)C1=O)OCc1ccccc1. The van der Waals surface area contributed by atoms with Crippen LogP contribution in [0.4, 0.5) is 4.79 Å². The minimum Gasteiger partial charge on any atom is -0.508 e. The maximum Gasteiger partial charge on any atom is 0.408 e. The van der Waals surface area contributed by atoms with Crippen molar-refractivity contribution in [2.24, 2.45) is 0 Å². The molecule has 2 aliphatic rings. The largest absolute Gasteiger partial charge is 0.508 e. The number of nitrogens with zero attached hydrogens (tertiary/aromatic N) is 5. The van der Waals surface area contributed by atoms with Crippen LogP contribution >= 0.6 is 11.8 Å². The average molecular weight is 813 g/mol. The van der Waals surface area contributed by atoms with Crippen molar-refractivity contribution in [1.82, 2.24) is 30.4 Å². The van der Waals surface area contributed by atoms with Crippen LogP contribution in [0.1, 0.15) is 53.1 Å². The Morgan fingerprint density at radius 1 is 0.831 bits per heavy atom. The maximum absolute atomic E-state index is 13.2. The number of aliphatic hydroxyl groups is 1. The number of phenolic OH excluding ortho intramolecular Hbond substituents is 1. The zero-order chi connectivity index (χ0) is 40.7. The average Bonchev–Trinajstić information content (AvgIpc) is 3.85. The Morgan fingerprint density at radius 3 is 2.34 bits per heavy atom. The van der Waals surface area contributed by atoms with Crippen molar-refractivity contribution in [2.45, 2.75) is 62.3 Å². The van der Waals surface area contributed by atoms with Crippen LogP contribution < -0.4 is 5.32 Å². The van der Waals surface area contributed by atoms with Crippen molar-refractivity contribution in [1.29, 1.82) is 0 Å². The van der Waals surface area contributed by atoms with Gasteiger partial charge in [0.1, 0.15) is 18.4 Å². The molecule has 0 bridgehead atoms. The number of aliphatic hydroxyl groups excluding tert-OH is 1. The number of likely N-dealkylation sites (tertiary alicyclic amines) is 1. The summed E-state index contributed by atoms with van der Waals surface area (Å²) >= 11 is 1.46. The molecule has 1 unspecified atom stereocenters. The van der Waals surface area contributed by atoms with Crippen molar-refractivity contribution in [3.05, 3.63) is 155 Å². The van der Waals surface area contributed by atoms with Gasteiger partial charge < -0.3 is 29.7 Å². The molecule has 15 heteroatoms. The minimum atomic E-state index is -0.994. The van der Waals surface area contributed by atoms with Crippen molar-refractivity contribution in [3.63, 3.8) is 0 Å². The molecule has 5 aromatic carbocycles. The molecule has 59 heavy (non-hydrogen) atoms. The monoisotopic (exact) mass is 812 g/mol. The van der Waals surface area contributed by atoms with Crippen molar-refractivity contribution in [3.8, 4) is 22.6 Å². The molecule has 6 aromatic rings. The summed E-state index contributed by atoms with van der Waals surface area (Å²) < 4.78 is 20.0. The topological polar surface area (TPSA) is 178 Å². The van der Waals surface area contributed by atoms with Gasteiger partial charge in [-0.1, -0.05) is 109 Å². The lowest BCUT2D eigenvalue weighted by Gasteiger charge is -2.36. The first-order valence-corrected chi connectivity index (χ1v) is 20.0. The summed E-state index contributed by atoms with van der Waals surface area (Å²) in [6.45, 7) is 0.0577. The van der Waals surface area contributed by atoms with Crippen molar-refractivity contribution < 1.29 is 38.8 Å². The standard InChI is InChI=1S/C44H40N6O8S/c51-25-28-9-11-32(12-10-28)39-22-37(27-59-43-46-47-48-50(43)35-17-19-36(52)20-18-35)57-42(58-39)33-15-13-31(14-16-33)34-8-4-7-30(21-34)24-49-40(53)23-38(41(49)54)45-44(55)56-26-29-5-2-1-3-6-29/h1-21,37-39,42,51-52H,22-27H2,(H,45,55)/t37-,38?,39+,42+/m1/s1. The molecule has 3 amide bonds. The van der Waals surface area contributed by atoms with Crippen LogP contribution in [-0.2, 0) is 43.6 Å². The highest BCUT2D eigenvalue weighted by atomic mass is 32.2. The summed E-state index contributed by atoms with van der Waals surface area (Å²) in [5.41, 5.74) is 6.67. The van der Waals surface area contributed by atoms with Crippen LogP contribution in [-0.4, -0.2) is 71.1 Å². The van der Waals surface area contributed by atoms with Gasteiger partial charge in [0.15, 0.2) is 6.29 Å². The molecule has 0 saturated carbocycles. The summed E-state index contributed by atoms with van der Waals surface area (Å²) in [7, 11) is 0. The van der Waals surface area contributed by atoms with E-state index in [0.29, 0.717) is 23.0 Å². The fourth-order valence-electron chi connectivity index (χ4n) is 6.95. The van der Waals surface area contributed by atoms with Gasteiger partial charge in [0.2, 0.25) is 11.1 Å². The van der Waals surface area contributed by atoms with Gasteiger partial charge in [0, 0.05) is 17.7 Å². The van der Waals surface area contributed by atoms with Crippen LogP contribution in [0.3, 0.4) is 0 Å². The van der Waals surface area contributed by atoms with Crippen LogP contribution in [0.25, 0.3) is 16.8 Å². The van der Waals surface area contributed by atoms with E-state index in [1.807, 2.05) is 103 Å². The fraction of sp³-hybridized carbons (Fsp3) is 0.227. The first-order valence-electron chi connectivity index (χ1n) is 19.0. The number of carbonyl (C=O) groups is 3. The van der Waals surface area contributed by atoms with E-state index in [-0.39, 0.29) is 50.0 Å². The molecule has 3 N–H and O–H groups in total. The maximum atomic E-state index is 13.2. The number of tetrazole rings is 1. The highest BCUT2D eigenvalue weighted by molar-refractivity contribution is 7.99. The number of amides is 3. The number of ether oxygens (including phenoxy) is 3. The molecule has 0 aliphatic carbocycles. The first-order chi connectivity index (χ1) is 28.8.